The molecule has 0 aromatic carbocycles. The Balaban J connectivity index is 1.75. The highest BCUT2D eigenvalue weighted by Crippen LogP contribution is 2.38. The number of carbonyl (C=O) groups excluding carboxylic acids is 6. The summed E-state index contributed by atoms with van der Waals surface area (Å²) in [5, 5.41) is 24.7. The Labute approximate surface area is 404 Å². The fourth-order valence-electron chi connectivity index (χ4n) is 10.6. The van der Waals surface area contributed by atoms with Crippen molar-refractivity contribution in [2.24, 2.45) is 35.5 Å². The Hall–Kier alpha value is -3.86. The van der Waals surface area contributed by atoms with E-state index in [1.54, 1.807) is 41.1 Å². The van der Waals surface area contributed by atoms with Gasteiger partial charge in [-0.05, 0) is 107 Å². The van der Waals surface area contributed by atoms with Crippen LogP contribution in [0.5, 0.6) is 0 Å². The monoisotopic (exact) mass is 955 g/mol. The molecular formula is C53H82N2O13. The third-order valence-electron chi connectivity index (χ3n) is 14.9. The SMILES string of the molecule is COC1CC(C[C@@H](C)C2CC(=O)[C@H](C)/C=C(\C)C(O)[C@@H](OC)C(=O)C(C)C[C@H](C)/C=C/C=C/C=C(\C)[C@@H](OC)C[C@@H]3CCC(C)C(NC(C)=O)(O3)C(=O)C(=O)N3CCCCC3C(=O)O2)CC[C@H]1O. The first kappa shape index (κ1) is 56.7. The normalized spacial score (nSPS) is 39.0. The number of ketones is 3. The van der Waals surface area contributed by atoms with Gasteiger partial charge in [0, 0.05) is 65.4 Å². The van der Waals surface area contributed by atoms with Crippen LogP contribution in [0.1, 0.15) is 132 Å². The van der Waals surface area contributed by atoms with E-state index in [0.717, 1.165) is 5.57 Å². The van der Waals surface area contributed by atoms with Crippen molar-refractivity contribution in [3.05, 3.63) is 47.6 Å². The predicted molar refractivity (Wildman–Crippen MR) is 257 cm³/mol. The topological polar surface area (TPSA) is 204 Å². The van der Waals surface area contributed by atoms with E-state index in [4.69, 9.17) is 23.7 Å². The van der Waals surface area contributed by atoms with Crippen LogP contribution < -0.4 is 5.32 Å². The minimum absolute atomic E-state index is 0.0102. The van der Waals surface area contributed by atoms with Crippen molar-refractivity contribution >= 4 is 35.1 Å². The zero-order valence-electron chi connectivity index (χ0n) is 42.6. The van der Waals surface area contributed by atoms with Crippen LogP contribution in [-0.4, -0.2) is 133 Å². The Kier molecular flexibility index (Phi) is 22.0. The van der Waals surface area contributed by atoms with Gasteiger partial charge in [-0.1, -0.05) is 71.1 Å². The molecule has 3 fully saturated rings. The average Bonchev–Trinajstić information content (AvgIpc) is 3.30. The Morgan fingerprint density at radius 2 is 1.60 bits per heavy atom. The number of carbonyl (C=O) groups is 6. The van der Waals surface area contributed by atoms with Crippen molar-refractivity contribution in [1.82, 2.24) is 10.2 Å². The summed E-state index contributed by atoms with van der Waals surface area (Å²) >= 11 is 0. The molecule has 4 rings (SSSR count). The Morgan fingerprint density at radius 1 is 0.882 bits per heavy atom. The molecule has 2 bridgehead atoms. The van der Waals surface area contributed by atoms with Crippen LogP contribution in [0.25, 0.3) is 0 Å². The molecular weight excluding hydrogens is 873 g/mol. The molecule has 1 saturated carbocycles. The lowest BCUT2D eigenvalue weighted by molar-refractivity contribution is -0.198. The number of ether oxygens (including phenoxy) is 5. The highest BCUT2D eigenvalue weighted by Gasteiger charge is 2.55. The highest BCUT2D eigenvalue weighted by molar-refractivity contribution is 6.39. The first-order valence-corrected chi connectivity index (χ1v) is 24.9. The van der Waals surface area contributed by atoms with E-state index < -0.39 is 89.7 Å². The molecule has 2 saturated heterocycles. The third kappa shape index (κ3) is 14.8. The van der Waals surface area contributed by atoms with Crippen molar-refractivity contribution in [3.63, 3.8) is 0 Å². The molecule has 68 heavy (non-hydrogen) atoms. The van der Waals surface area contributed by atoms with E-state index in [9.17, 15) is 39.0 Å². The average molecular weight is 955 g/mol. The number of aliphatic hydroxyl groups is 2. The van der Waals surface area contributed by atoms with Crippen LogP contribution in [0, 0.1) is 35.5 Å². The molecule has 2 amide bonds. The summed E-state index contributed by atoms with van der Waals surface area (Å²) in [6, 6.07) is -1.15. The summed E-state index contributed by atoms with van der Waals surface area (Å²) in [5.41, 5.74) is -0.742. The van der Waals surface area contributed by atoms with E-state index >= 15 is 0 Å². The van der Waals surface area contributed by atoms with Crippen LogP contribution in [-0.2, 0) is 52.5 Å². The molecule has 15 heteroatoms. The molecule has 382 valence electrons. The minimum atomic E-state index is -2.01. The molecule has 0 aromatic rings. The number of fused-ring (bicyclic) bond motifs is 3. The molecule has 0 radical (unpaired) electrons. The fourth-order valence-corrected chi connectivity index (χ4v) is 10.6. The first-order valence-electron chi connectivity index (χ1n) is 24.9. The molecule has 8 unspecified atom stereocenters. The van der Waals surface area contributed by atoms with Crippen molar-refractivity contribution < 1.29 is 62.7 Å². The number of hydrogen-bond acceptors (Lipinski definition) is 13. The molecule has 15 atom stereocenters. The lowest BCUT2D eigenvalue weighted by Crippen LogP contribution is -2.67. The summed E-state index contributed by atoms with van der Waals surface area (Å²) in [4.78, 5) is 86.0. The van der Waals surface area contributed by atoms with Gasteiger partial charge in [0.15, 0.2) is 5.78 Å². The van der Waals surface area contributed by atoms with E-state index in [-0.39, 0.29) is 54.8 Å². The van der Waals surface area contributed by atoms with Gasteiger partial charge in [0.05, 0.1) is 24.4 Å². The van der Waals surface area contributed by atoms with E-state index in [2.05, 4.69) is 5.32 Å². The number of amides is 2. The van der Waals surface area contributed by atoms with Crippen molar-refractivity contribution in [2.45, 2.75) is 187 Å². The highest BCUT2D eigenvalue weighted by atomic mass is 16.6. The lowest BCUT2D eigenvalue weighted by Gasteiger charge is -2.46. The predicted octanol–water partition coefficient (Wildman–Crippen LogP) is 6.32. The van der Waals surface area contributed by atoms with Gasteiger partial charge in [-0.3, -0.25) is 24.0 Å². The fraction of sp³-hybridized carbons (Fsp3) is 0.736. The number of hydrogen-bond donors (Lipinski definition) is 3. The van der Waals surface area contributed by atoms with Crippen molar-refractivity contribution in [2.75, 3.05) is 27.9 Å². The molecule has 3 N–H and O–H groups in total. The maximum Gasteiger partial charge on any atom is 0.329 e. The van der Waals surface area contributed by atoms with Crippen LogP contribution >= 0.6 is 0 Å². The number of methoxy groups -OCH3 is 3. The summed E-state index contributed by atoms with van der Waals surface area (Å²) in [7, 11) is 4.53. The lowest BCUT2D eigenvalue weighted by atomic mass is 9.78. The van der Waals surface area contributed by atoms with Crippen molar-refractivity contribution in [3.8, 4) is 0 Å². The summed E-state index contributed by atoms with van der Waals surface area (Å²) in [5.74, 6) is -5.80. The Morgan fingerprint density at radius 3 is 2.26 bits per heavy atom. The van der Waals surface area contributed by atoms with Gasteiger partial charge in [0.25, 0.3) is 11.7 Å². The summed E-state index contributed by atoms with van der Waals surface area (Å²) in [6.07, 6.45) is 11.2. The Bertz CT molecular complexity index is 1880. The maximum absolute atomic E-state index is 14.8. The zero-order valence-corrected chi connectivity index (χ0v) is 42.6. The summed E-state index contributed by atoms with van der Waals surface area (Å²) in [6.45, 7) is 14.1. The van der Waals surface area contributed by atoms with Gasteiger partial charge in [0.1, 0.15) is 30.1 Å². The van der Waals surface area contributed by atoms with Gasteiger partial charge in [0.2, 0.25) is 11.6 Å². The molecule has 0 aromatic heterocycles. The maximum atomic E-state index is 14.8. The van der Waals surface area contributed by atoms with Gasteiger partial charge in [-0.15, -0.1) is 0 Å². The number of cyclic esters (lactones) is 1. The second kappa shape index (κ2) is 26.4. The molecule has 3 heterocycles. The van der Waals surface area contributed by atoms with E-state index in [1.165, 1.54) is 18.9 Å². The van der Waals surface area contributed by atoms with E-state index in [1.807, 2.05) is 58.1 Å². The van der Waals surface area contributed by atoms with Crippen LogP contribution in [0.3, 0.4) is 0 Å². The number of Topliss-reactive ketones (excluding diaryl/α,β-unsaturated/α-hetero) is 3. The van der Waals surface area contributed by atoms with Crippen molar-refractivity contribution in [1.29, 1.82) is 0 Å². The number of piperidine rings is 1. The zero-order chi connectivity index (χ0) is 50.5. The van der Waals surface area contributed by atoms with Crippen LogP contribution in [0.15, 0.2) is 47.6 Å². The first-order chi connectivity index (χ1) is 32.2. The van der Waals surface area contributed by atoms with Gasteiger partial charge in [-0.25, -0.2) is 4.79 Å². The molecule has 4 aliphatic rings. The van der Waals surface area contributed by atoms with Gasteiger partial charge < -0.3 is 44.1 Å². The molecule has 1 aliphatic carbocycles. The number of esters is 1. The summed E-state index contributed by atoms with van der Waals surface area (Å²) < 4.78 is 29.9. The van der Waals surface area contributed by atoms with Crippen LogP contribution in [0.4, 0.5) is 0 Å². The second-order valence-electron chi connectivity index (χ2n) is 20.3. The van der Waals surface area contributed by atoms with Gasteiger partial charge in [-0.2, -0.15) is 0 Å². The van der Waals surface area contributed by atoms with E-state index in [0.29, 0.717) is 69.8 Å². The quantitative estimate of drug-likeness (QED) is 0.145. The van der Waals surface area contributed by atoms with Crippen LogP contribution in [0.2, 0.25) is 0 Å². The third-order valence-corrected chi connectivity index (χ3v) is 14.9. The minimum Gasteiger partial charge on any atom is -0.460 e. The number of nitrogens with one attached hydrogen (secondary N) is 1. The molecule has 0 spiro atoms. The molecule has 3 aliphatic heterocycles. The number of allylic oxidation sites excluding steroid dienone is 6. The standard InChI is InChI=1S/C53H82N2O13/c1-31-17-13-12-14-18-32(2)44(64-9)29-40-22-20-37(7)53(68-40,54-38(8)56)50(61)51(62)55-24-16-15-19-41(55)52(63)67-45(34(4)27-39-21-23-42(57)46(28-39)65-10)30-43(58)33(3)26-36(6)48(60)49(66-11)47(59)35(5)25-31/h12-14,17-18,26,31,33-35,37,39-42,44-46,48-49,57,60H,15-16,19-25,27-30H2,1-11H3,(H,54,56)/b14-12+,17-13+,32-18+,36-26+/t31-,33-,34-,35?,37?,39?,40+,41?,42-,44+,45?,46?,48?,49+,53?/m1/s1. The smallest absolute Gasteiger partial charge is 0.329 e. The number of nitrogens with zero attached hydrogens (tertiary/aromatic N) is 1. The van der Waals surface area contributed by atoms with Gasteiger partial charge >= 0.3 is 5.97 Å². The second-order valence-corrected chi connectivity index (χ2v) is 20.3. The largest absolute Gasteiger partial charge is 0.460 e. The number of aliphatic hydroxyl groups excluding tert-OH is 2. The molecule has 15 nitrogen and oxygen atoms in total. The number of rotatable bonds is 7.